The van der Waals surface area contributed by atoms with Crippen molar-refractivity contribution in [2.75, 3.05) is 0 Å². The maximum atomic E-state index is 5.45. The number of benzene rings is 9. The Hall–Kier alpha value is -7.10. The van der Waals surface area contributed by atoms with Crippen molar-refractivity contribution in [2.24, 2.45) is 23.7 Å². The third kappa shape index (κ3) is 4.59. The zero-order valence-corrected chi connectivity index (χ0v) is 34.9. The van der Waals surface area contributed by atoms with Gasteiger partial charge in [-0.05, 0) is 153 Å². The molecule has 0 N–H and O–H groups in total. The Labute approximate surface area is 365 Å². The standard InChI is InChI=1S/C60H43N3/c1-4-14-44-37(11-1)23-26-48-51-33-54-50(47-17-7-9-19-53(47)60(54)40-28-35-27-36(30-40)31-41(60)29-35)34-56(51)63(58(44)48)42-24-21-38(22-25-42)59-61-55-20-10-8-18-49(55)57(62-59)52-32-39-12-2-3-13-43(39)45-15-5-6-16-46(45)52/h1-26,32-36,40-41H,27-31H2. The van der Waals surface area contributed by atoms with E-state index in [9.17, 15) is 0 Å². The lowest BCUT2D eigenvalue weighted by atomic mass is 9.43. The second kappa shape index (κ2) is 12.5. The Morgan fingerprint density at radius 1 is 0.429 bits per heavy atom. The minimum Gasteiger partial charge on any atom is -0.309 e. The molecular weight excluding hydrogens is 763 g/mol. The topological polar surface area (TPSA) is 30.7 Å². The highest BCUT2D eigenvalue weighted by molar-refractivity contribution is 6.20. The molecule has 298 valence electrons. The number of aromatic nitrogens is 3. The average Bonchev–Trinajstić information content (AvgIpc) is 3.82. The summed E-state index contributed by atoms with van der Waals surface area (Å²) in [4.78, 5) is 10.7. The number of hydrogen-bond acceptors (Lipinski definition) is 2. The van der Waals surface area contributed by atoms with Crippen LogP contribution >= 0.6 is 0 Å². The maximum absolute atomic E-state index is 5.45. The highest BCUT2D eigenvalue weighted by Crippen LogP contribution is 2.69. The van der Waals surface area contributed by atoms with Crippen LogP contribution in [-0.4, -0.2) is 14.5 Å². The third-order valence-corrected chi connectivity index (χ3v) is 16.3. The Kier molecular flexibility index (Phi) is 6.85. The second-order valence-corrected chi connectivity index (χ2v) is 19.3. The van der Waals surface area contributed by atoms with Gasteiger partial charge in [-0.25, -0.2) is 9.97 Å². The molecule has 5 aliphatic carbocycles. The Balaban J connectivity index is 0.939. The summed E-state index contributed by atoms with van der Waals surface area (Å²) in [5.74, 6) is 4.02. The molecule has 9 aromatic carbocycles. The molecular formula is C60H43N3. The molecule has 1 spiro atoms. The number of para-hydroxylation sites is 1. The molecule has 5 aliphatic rings. The van der Waals surface area contributed by atoms with Crippen LogP contribution in [0.15, 0.2) is 176 Å². The SMILES string of the molecule is c1ccc2c(c1)-c1cc3c(cc1C21C2CC4CC(C2)CC1C4)c1ccc2ccccc2c1n3-c1ccc(-c2nc(-c3cc4ccccc4c4ccccc34)c3ccccc3n2)cc1. The van der Waals surface area contributed by atoms with E-state index in [1.807, 2.05) is 0 Å². The summed E-state index contributed by atoms with van der Waals surface area (Å²) in [7, 11) is 0. The monoisotopic (exact) mass is 805 g/mol. The Bertz CT molecular complexity index is 3730. The van der Waals surface area contributed by atoms with Gasteiger partial charge in [0.25, 0.3) is 0 Å². The van der Waals surface area contributed by atoms with Crippen LogP contribution in [0.1, 0.15) is 43.2 Å². The lowest BCUT2D eigenvalue weighted by Gasteiger charge is -2.61. The van der Waals surface area contributed by atoms with E-state index in [-0.39, 0.29) is 5.41 Å². The molecule has 16 rings (SSSR count). The van der Waals surface area contributed by atoms with Crippen LogP contribution in [0.2, 0.25) is 0 Å². The summed E-state index contributed by atoms with van der Waals surface area (Å²) >= 11 is 0. The second-order valence-electron chi connectivity index (χ2n) is 19.3. The van der Waals surface area contributed by atoms with Gasteiger partial charge in [0.1, 0.15) is 0 Å². The minimum absolute atomic E-state index is 0.123. The molecule has 4 saturated carbocycles. The summed E-state index contributed by atoms with van der Waals surface area (Å²) < 4.78 is 2.55. The van der Waals surface area contributed by atoms with Crippen LogP contribution in [0.25, 0.3) is 104 Å². The van der Waals surface area contributed by atoms with E-state index in [2.05, 4.69) is 180 Å². The smallest absolute Gasteiger partial charge is 0.160 e. The summed E-state index contributed by atoms with van der Waals surface area (Å²) in [6.07, 6.45) is 7.01. The van der Waals surface area contributed by atoms with Crippen LogP contribution in [0.3, 0.4) is 0 Å². The van der Waals surface area contributed by atoms with Crippen molar-refractivity contribution >= 4 is 65.0 Å². The molecule has 0 radical (unpaired) electrons. The van der Waals surface area contributed by atoms with Gasteiger partial charge in [0.2, 0.25) is 0 Å². The predicted octanol–water partition coefficient (Wildman–Crippen LogP) is 15.2. The van der Waals surface area contributed by atoms with Gasteiger partial charge < -0.3 is 4.57 Å². The van der Waals surface area contributed by atoms with Gasteiger partial charge in [0.15, 0.2) is 5.82 Å². The van der Waals surface area contributed by atoms with E-state index in [0.717, 1.165) is 62.9 Å². The predicted molar refractivity (Wildman–Crippen MR) is 261 cm³/mol. The van der Waals surface area contributed by atoms with E-state index >= 15 is 0 Å². The molecule has 0 saturated heterocycles. The quantitative estimate of drug-likeness (QED) is 0.167. The molecule has 63 heavy (non-hydrogen) atoms. The number of nitrogens with zero attached hydrogens (tertiary/aromatic N) is 3. The van der Waals surface area contributed by atoms with Gasteiger partial charge in [-0.2, -0.15) is 0 Å². The number of hydrogen-bond donors (Lipinski definition) is 0. The lowest BCUT2D eigenvalue weighted by Crippen LogP contribution is -2.55. The van der Waals surface area contributed by atoms with Crippen molar-refractivity contribution in [3.63, 3.8) is 0 Å². The zero-order valence-electron chi connectivity index (χ0n) is 34.9. The van der Waals surface area contributed by atoms with Crippen molar-refractivity contribution < 1.29 is 0 Å². The van der Waals surface area contributed by atoms with Gasteiger partial charge in [-0.3, -0.25) is 0 Å². The summed E-state index contributed by atoms with van der Waals surface area (Å²) in [6, 6.07) is 65.6. The first kappa shape index (κ1) is 34.5. The molecule has 0 amide bonds. The van der Waals surface area contributed by atoms with Crippen molar-refractivity contribution in [1.82, 2.24) is 14.5 Å². The van der Waals surface area contributed by atoms with Gasteiger partial charge in [0, 0.05) is 43.8 Å². The lowest BCUT2D eigenvalue weighted by molar-refractivity contribution is -0.0399. The van der Waals surface area contributed by atoms with E-state index < -0.39 is 0 Å². The summed E-state index contributed by atoms with van der Waals surface area (Å²) in [5, 5.41) is 11.2. The largest absolute Gasteiger partial charge is 0.309 e. The zero-order chi connectivity index (χ0) is 41.0. The first-order valence-corrected chi connectivity index (χ1v) is 23.1. The van der Waals surface area contributed by atoms with Gasteiger partial charge in [-0.1, -0.05) is 127 Å². The minimum atomic E-state index is 0.123. The molecule has 2 heterocycles. The van der Waals surface area contributed by atoms with Gasteiger partial charge in [0.05, 0.1) is 22.2 Å². The van der Waals surface area contributed by atoms with Crippen molar-refractivity contribution in [1.29, 1.82) is 0 Å². The average molecular weight is 806 g/mol. The van der Waals surface area contributed by atoms with Gasteiger partial charge >= 0.3 is 0 Å². The van der Waals surface area contributed by atoms with Crippen LogP contribution < -0.4 is 0 Å². The summed E-state index contributed by atoms with van der Waals surface area (Å²) in [6.45, 7) is 0. The fourth-order valence-corrected chi connectivity index (χ4v) is 14.1. The third-order valence-electron chi connectivity index (χ3n) is 16.3. The fraction of sp³-hybridized carbons (Fsp3) is 0.167. The van der Waals surface area contributed by atoms with Crippen molar-refractivity contribution in [2.45, 2.75) is 37.5 Å². The van der Waals surface area contributed by atoms with Crippen LogP contribution in [0.5, 0.6) is 0 Å². The molecule has 0 atom stereocenters. The maximum Gasteiger partial charge on any atom is 0.160 e. The van der Waals surface area contributed by atoms with E-state index in [0.29, 0.717) is 0 Å². The first-order valence-electron chi connectivity index (χ1n) is 23.1. The molecule has 4 fully saturated rings. The number of fused-ring (bicyclic) bond motifs is 12. The molecule has 2 aromatic heterocycles. The van der Waals surface area contributed by atoms with Crippen LogP contribution in [0, 0.1) is 23.7 Å². The highest BCUT2D eigenvalue weighted by Gasteiger charge is 2.61. The fourth-order valence-electron chi connectivity index (χ4n) is 14.1. The van der Waals surface area contributed by atoms with Crippen LogP contribution in [0.4, 0.5) is 0 Å². The molecule has 3 nitrogen and oxygen atoms in total. The highest BCUT2D eigenvalue weighted by atomic mass is 15.0. The van der Waals surface area contributed by atoms with Crippen molar-refractivity contribution in [3.05, 3.63) is 187 Å². The summed E-state index contributed by atoms with van der Waals surface area (Å²) in [5.41, 5.74) is 14.0. The molecule has 11 aromatic rings. The van der Waals surface area contributed by atoms with E-state index in [4.69, 9.17) is 9.97 Å². The van der Waals surface area contributed by atoms with Gasteiger partial charge in [-0.15, -0.1) is 0 Å². The molecule has 3 heteroatoms. The molecule has 4 bridgehead atoms. The first-order chi connectivity index (χ1) is 31.2. The molecule has 0 unspecified atom stereocenters. The van der Waals surface area contributed by atoms with E-state index in [1.54, 1.807) is 11.1 Å². The normalized spacial score (nSPS) is 22.0. The Morgan fingerprint density at radius 2 is 1.10 bits per heavy atom. The number of rotatable bonds is 3. The Morgan fingerprint density at radius 3 is 1.90 bits per heavy atom. The van der Waals surface area contributed by atoms with Crippen molar-refractivity contribution in [3.8, 4) is 39.5 Å². The van der Waals surface area contributed by atoms with E-state index in [1.165, 1.54) is 97.4 Å². The molecule has 0 aliphatic heterocycles. The van der Waals surface area contributed by atoms with Crippen LogP contribution in [-0.2, 0) is 5.41 Å².